The molecule has 0 aliphatic carbocycles. The minimum absolute atomic E-state index is 0.0527. The van der Waals surface area contributed by atoms with Crippen LogP contribution in [0.4, 0.5) is 0 Å². The summed E-state index contributed by atoms with van der Waals surface area (Å²) >= 11 is 0. The smallest absolute Gasteiger partial charge is 0.387 e. The second-order valence-corrected chi connectivity index (χ2v) is 23.2. The van der Waals surface area contributed by atoms with Crippen LogP contribution >= 0.6 is 7.82 Å². The summed E-state index contributed by atoms with van der Waals surface area (Å²) in [5.74, 6) is -0.189. The highest BCUT2D eigenvalue weighted by Crippen LogP contribution is 2.43. The van der Waals surface area contributed by atoms with Crippen molar-refractivity contribution in [2.75, 3.05) is 40.9 Å². The number of hydrogen-bond donors (Lipinski definition) is 3. The summed E-state index contributed by atoms with van der Waals surface area (Å²) in [7, 11) is 1.55. The van der Waals surface area contributed by atoms with E-state index < -0.39 is 20.0 Å². The van der Waals surface area contributed by atoms with Gasteiger partial charge in [0.15, 0.2) is 0 Å². The number of amides is 1. The number of likely N-dealkylation sites (N-methyl/N-ethyl adjacent to an activating group) is 1. The Kier molecular flexibility index (Phi) is 51.7. The van der Waals surface area contributed by atoms with Gasteiger partial charge in [-0.15, -0.1) is 0 Å². The number of phosphoric ester groups is 1. The Labute approximate surface area is 441 Å². The van der Waals surface area contributed by atoms with Crippen LogP contribution < -0.4 is 5.32 Å². The van der Waals surface area contributed by atoms with Gasteiger partial charge in [-0.25, -0.2) is 4.57 Å². The van der Waals surface area contributed by atoms with E-state index in [9.17, 15) is 19.4 Å². The molecule has 0 aromatic heterocycles. The normalized spacial score (nSPS) is 14.3. The number of allylic oxidation sites excluding steroid dienone is 9. The predicted octanol–water partition coefficient (Wildman–Crippen LogP) is 18.5. The summed E-state index contributed by atoms with van der Waals surface area (Å²) in [6.45, 7) is 4.80. The molecule has 71 heavy (non-hydrogen) atoms. The Morgan fingerprint density at radius 1 is 0.479 bits per heavy atom. The number of unbranched alkanes of at least 4 members (excludes halogenated alkanes) is 34. The largest absolute Gasteiger partial charge is 0.472 e. The van der Waals surface area contributed by atoms with Crippen molar-refractivity contribution >= 4 is 13.7 Å². The van der Waals surface area contributed by atoms with E-state index in [2.05, 4.69) is 67.8 Å². The number of carbonyl (C=O) groups is 1. The third kappa shape index (κ3) is 55.8. The second kappa shape index (κ2) is 53.0. The fourth-order valence-corrected chi connectivity index (χ4v) is 9.43. The zero-order chi connectivity index (χ0) is 52.0. The third-order valence-electron chi connectivity index (χ3n) is 13.4. The van der Waals surface area contributed by atoms with Crippen molar-refractivity contribution in [3.8, 4) is 0 Å². The highest BCUT2D eigenvalue weighted by atomic mass is 31.2. The van der Waals surface area contributed by atoms with E-state index in [-0.39, 0.29) is 19.1 Å². The molecule has 0 bridgehead atoms. The Hall–Kier alpha value is -1.80. The topological polar surface area (TPSA) is 105 Å². The lowest BCUT2D eigenvalue weighted by Gasteiger charge is -2.25. The Balaban J connectivity index is 4.23. The van der Waals surface area contributed by atoms with E-state index in [4.69, 9.17) is 9.05 Å². The van der Waals surface area contributed by atoms with Crippen molar-refractivity contribution in [2.45, 2.75) is 289 Å². The maximum Gasteiger partial charge on any atom is 0.472 e. The quantitative estimate of drug-likeness (QED) is 0.0243. The molecule has 0 aromatic rings. The predicted molar refractivity (Wildman–Crippen MR) is 309 cm³/mol. The molecule has 0 spiro atoms. The number of quaternary nitrogens is 1. The summed E-state index contributed by atoms with van der Waals surface area (Å²) in [5.41, 5.74) is 0. The lowest BCUT2D eigenvalue weighted by atomic mass is 10.0. The highest BCUT2D eigenvalue weighted by molar-refractivity contribution is 7.47. The first-order valence-corrected chi connectivity index (χ1v) is 31.7. The minimum atomic E-state index is -4.36. The monoisotopic (exact) mass is 1020 g/mol. The van der Waals surface area contributed by atoms with Crippen LogP contribution in [0.1, 0.15) is 277 Å². The first-order valence-electron chi connectivity index (χ1n) is 30.2. The van der Waals surface area contributed by atoms with Crippen molar-refractivity contribution in [2.24, 2.45) is 0 Å². The summed E-state index contributed by atoms with van der Waals surface area (Å²) in [4.78, 5) is 23.3. The number of carbonyl (C=O) groups excluding carboxylic acids is 1. The molecule has 0 saturated carbocycles. The van der Waals surface area contributed by atoms with Crippen LogP contribution in [-0.2, 0) is 18.4 Å². The summed E-state index contributed by atoms with van der Waals surface area (Å²) in [6, 6.07) is -0.872. The van der Waals surface area contributed by atoms with Gasteiger partial charge in [0.05, 0.1) is 39.9 Å². The van der Waals surface area contributed by atoms with Gasteiger partial charge < -0.3 is 19.8 Å². The van der Waals surface area contributed by atoms with E-state index in [0.29, 0.717) is 17.4 Å². The number of aliphatic hydroxyl groups is 1. The van der Waals surface area contributed by atoms with Crippen LogP contribution in [0.3, 0.4) is 0 Å². The van der Waals surface area contributed by atoms with E-state index in [1.165, 1.54) is 205 Å². The molecule has 0 rings (SSSR count). The first-order chi connectivity index (χ1) is 34.5. The molecule has 0 heterocycles. The number of hydrogen-bond acceptors (Lipinski definition) is 5. The number of nitrogens with zero attached hydrogens (tertiary/aromatic N) is 1. The molecular weight excluding hydrogens is 900 g/mol. The molecule has 9 heteroatoms. The summed E-state index contributed by atoms with van der Waals surface area (Å²) in [5, 5.41) is 13.9. The molecule has 3 unspecified atom stereocenters. The fraction of sp³-hybridized carbons (Fsp3) is 0.823. The summed E-state index contributed by atoms with van der Waals surface area (Å²) in [6.07, 6.45) is 71.9. The van der Waals surface area contributed by atoms with Crippen LogP contribution in [0.15, 0.2) is 60.8 Å². The standard InChI is InChI=1S/C62H117N2O6P/c1-6-8-10-12-14-16-18-20-22-24-26-28-30-31-32-33-34-36-38-40-42-44-46-48-50-52-54-56-62(66)63-60(59-70-71(67,68)69-58-57-64(3,4)5)61(65)55-53-51-49-47-45-43-41-39-37-35-29-27-25-23-21-19-17-15-13-11-9-7-2/h18,20,24,26,37,39,45,47,53,55,60-61,65H,6-17,19,21-23,25,27-36,38,40-44,46,48-52,54,56-59H2,1-5H3,(H-,63,66,67,68)/p+1/b20-18-,26-24-,39-37+,47-45+,55-53+. The average molecular weight is 1020 g/mol. The first kappa shape index (κ1) is 69.2. The lowest BCUT2D eigenvalue weighted by Crippen LogP contribution is -2.45. The zero-order valence-corrected chi connectivity index (χ0v) is 48.4. The van der Waals surface area contributed by atoms with E-state index >= 15 is 0 Å². The average Bonchev–Trinajstić information content (AvgIpc) is 3.33. The van der Waals surface area contributed by atoms with Crippen molar-refractivity contribution in [1.82, 2.24) is 5.32 Å². The van der Waals surface area contributed by atoms with Gasteiger partial charge >= 0.3 is 7.82 Å². The van der Waals surface area contributed by atoms with E-state index in [1.54, 1.807) is 6.08 Å². The molecule has 0 fully saturated rings. The van der Waals surface area contributed by atoms with Gasteiger partial charge in [-0.3, -0.25) is 13.8 Å². The number of rotatable bonds is 55. The van der Waals surface area contributed by atoms with Crippen molar-refractivity contribution in [1.29, 1.82) is 0 Å². The van der Waals surface area contributed by atoms with Gasteiger partial charge in [-0.05, 0) is 77.0 Å². The number of phosphoric acid groups is 1. The zero-order valence-electron chi connectivity index (χ0n) is 47.5. The van der Waals surface area contributed by atoms with Crippen LogP contribution in [0, 0.1) is 0 Å². The molecule has 416 valence electrons. The summed E-state index contributed by atoms with van der Waals surface area (Å²) < 4.78 is 23.7. The molecule has 3 atom stereocenters. The number of nitrogens with one attached hydrogen (secondary N) is 1. The van der Waals surface area contributed by atoms with E-state index in [0.717, 1.165) is 51.4 Å². The SMILES string of the molecule is CCCCCCC/C=C\C/C=C\CCCCCCCCCCCCCCCCCC(=O)NC(COP(=O)(O)OCC[N+](C)(C)C)C(O)/C=C/CC/C=C/CC/C=C/CCCCCCCCCCCCCC. The van der Waals surface area contributed by atoms with Gasteiger partial charge in [-0.2, -0.15) is 0 Å². The lowest BCUT2D eigenvalue weighted by molar-refractivity contribution is -0.870. The van der Waals surface area contributed by atoms with Gasteiger partial charge in [0.25, 0.3) is 0 Å². The molecule has 0 aromatic carbocycles. The third-order valence-corrected chi connectivity index (χ3v) is 14.4. The van der Waals surface area contributed by atoms with Crippen LogP contribution in [0.25, 0.3) is 0 Å². The maximum absolute atomic E-state index is 13.0. The Bertz CT molecular complexity index is 1340. The van der Waals surface area contributed by atoms with Gasteiger partial charge in [0.2, 0.25) is 5.91 Å². The molecule has 3 N–H and O–H groups in total. The van der Waals surface area contributed by atoms with Gasteiger partial charge in [0.1, 0.15) is 13.2 Å². The molecule has 1 amide bonds. The Morgan fingerprint density at radius 3 is 1.21 bits per heavy atom. The van der Waals surface area contributed by atoms with Crippen molar-refractivity contribution in [3.05, 3.63) is 60.8 Å². The molecule has 0 saturated heterocycles. The van der Waals surface area contributed by atoms with Crippen LogP contribution in [-0.4, -0.2) is 73.4 Å². The van der Waals surface area contributed by atoms with Crippen LogP contribution in [0.5, 0.6) is 0 Å². The number of aliphatic hydroxyl groups excluding tert-OH is 1. The molecule has 0 aliphatic heterocycles. The molecule has 8 nitrogen and oxygen atoms in total. The van der Waals surface area contributed by atoms with Gasteiger partial charge in [-0.1, -0.05) is 254 Å². The van der Waals surface area contributed by atoms with Crippen LogP contribution in [0.2, 0.25) is 0 Å². The van der Waals surface area contributed by atoms with E-state index in [1.807, 2.05) is 27.2 Å². The fourth-order valence-electron chi connectivity index (χ4n) is 8.69. The molecule has 0 aliphatic rings. The highest BCUT2D eigenvalue weighted by Gasteiger charge is 2.27. The van der Waals surface area contributed by atoms with Crippen molar-refractivity contribution < 1.29 is 32.9 Å². The molecular formula is C62H118N2O6P+. The Morgan fingerprint density at radius 2 is 0.817 bits per heavy atom. The maximum atomic E-state index is 13.0. The van der Waals surface area contributed by atoms with Crippen molar-refractivity contribution in [3.63, 3.8) is 0 Å². The minimum Gasteiger partial charge on any atom is -0.387 e. The second-order valence-electron chi connectivity index (χ2n) is 21.7. The molecule has 0 radical (unpaired) electrons. The van der Waals surface area contributed by atoms with Gasteiger partial charge in [0, 0.05) is 6.42 Å².